The summed E-state index contributed by atoms with van der Waals surface area (Å²) < 4.78 is 0. The molecule has 1 rings (SSSR count). The van der Waals surface area contributed by atoms with Crippen molar-refractivity contribution in [1.82, 2.24) is 0 Å². The zero-order valence-electron chi connectivity index (χ0n) is 8.38. The molecule has 0 heterocycles. The lowest BCUT2D eigenvalue weighted by Gasteiger charge is -2.05. The monoisotopic (exact) mass is 181 g/mol. The molecule has 1 aliphatic carbocycles. The average Bonchev–Trinajstić information content (AvgIpc) is 2.51. The molecule has 0 aromatic carbocycles. The maximum absolute atomic E-state index is 11.3. The highest BCUT2D eigenvalue weighted by Gasteiger charge is 2.15. The lowest BCUT2D eigenvalue weighted by atomic mass is 10.00. The topological polar surface area (TPSA) is 43.1 Å². The summed E-state index contributed by atoms with van der Waals surface area (Å²) in [5.74, 6) is 0.988. The minimum atomic E-state index is 0.187. The van der Waals surface area contributed by atoms with E-state index in [9.17, 15) is 4.79 Å². The lowest BCUT2D eigenvalue weighted by molar-refractivity contribution is -0.114. The summed E-state index contributed by atoms with van der Waals surface area (Å²) in [5, 5.41) is 0. The van der Waals surface area contributed by atoms with Gasteiger partial charge in [0.25, 0.3) is 0 Å². The minimum absolute atomic E-state index is 0.187. The molecule has 0 aromatic heterocycles. The van der Waals surface area contributed by atoms with Crippen molar-refractivity contribution in [2.24, 2.45) is 11.7 Å². The Labute approximate surface area is 80.2 Å². The van der Waals surface area contributed by atoms with Crippen LogP contribution in [-0.4, -0.2) is 5.78 Å². The molecule has 0 spiro atoms. The molecule has 1 saturated carbocycles. The minimum Gasteiger partial charge on any atom is -0.402 e. The average molecular weight is 181 g/mol. The van der Waals surface area contributed by atoms with Crippen molar-refractivity contribution in [1.29, 1.82) is 0 Å². The van der Waals surface area contributed by atoms with E-state index in [1.165, 1.54) is 25.7 Å². The van der Waals surface area contributed by atoms with Gasteiger partial charge in [-0.05, 0) is 25.3 Å². The Kier molecular flexibility index (Phi) is 4.00. The first-order valence-corrected chi connectivity index (χ1v) is 5.15. The van der Waals surface area contributed by atoms with Crippen LogP contribution in [-0.2, 0) is 4.79 Å². The SMILES string of the molecule is CC(N)=CC(=O)CCC1CCCC1. The summed E-state index contributed by atoms with van der Waals surface area (Å²) in [7, 11) is 0. The second kappa shape index (κ2) is 5.05. The molecule has 0 radical (unpaired) electrons. The number of allylic oxidation sites excluding steroid dienone is 2. The lowest BCUT2D eigenvalue weighted by Crippen LogP contribution is -2.02. The molecule has 1 aliphatic rings. The van der Waals surface area contributed by atoms with Gasteiger partial charge in [0.2, 0.25) is 0 Å². The van der Waals surface area contributed by atoms with Crippen LogP contribution in [0.3, 0.4) is 0 Å². The van der Waals surface area contributed by atoms with Crippen LogP contribution in [0.25, 0.3) is 0 Å². The fraction of sp³-hybridized carbons (Fsp3) is 0.727. The third kappa shape index (κ3) is 4.11. The molecule has 2 heteroatoms. The van der Waals surface area contributed by atoms with Crippen molar-refractivity contribution in [2.75, 3.05) is 0 Å². The molecule has 0 aliphatic heterocycles. The molecular weight excluding hydrogens is 162 g/mol. The van der Waals surface area contributed by atoms with Gasteiger partial charge in [-0.1, -0.05) is 25.7 Å². The Morgan fingerprint density at radius 2 is 2.08 bits per heavy atom. The number of hydrogen-bond donors (Lipinski definition) is 1. The number of carbonyl (C=O) groups excluding carboxylic acids is 1. The van der Waals surface area contributed by atoms with E-state index in [1.54, 1.807) is 13.0 Å². The van der Waals surface area contributed by atoms with E-state index in [2.05, 4.69) is 0 Å². The van der Waals surface area contributed by atoms with Crippen LogP contribution >= 0.6 is 0 Å². The summed E-state index contributed by atoms with van der Waals surface area (Å²) in [6.07, 6.45) is 8.63. The highest BCUT2D eigenvalue weighted by molar-refractivity contribution is 5.90. The smallest absolute Gasteiger partial charge is 0.157 e. The highest BCUT2D eigenvalue weighted by Crippen LogP contribution is 2.28. The van der Waals surface area contributed by atoms with Gasteiger partial charge < -0.3 is 5.73 Å². The normalized spacial score (nSPS) is 19.3. The van der Waals surface area contributed by atoms with Crippen LogP contribution < -0.4 is 5.73 Å². The van der Waals surface area contributed by atoms with Gasteiger partial charge in [-0.2, -0.15) is 0 Å². The number of ketones is 1. The molecule has 0 unspecified atom stereocenters. The van der Waals surface area contributed by atoms with E-state index >= 15 is 0 Å². The molecule has 2 N–H and O–H groups in total. The van der Waals surface area contributed by atoms with Gasteiger partial charge in [-0.25, -0.2) is 0 Å². The Balaban J connectivity index is 2.18. The second-order valence-electron chi connectivity index (χ2n) is 4.04. The van der Waals surface area contributed by atoms with Crippen molar-refractivity contribution in [3.63, 3.8) is 0 Å². The Bertz CT molecular complexity index is 198. The zero-order chi connectivity index (χ0) is 9.68. The van der Waals surface area contributed by atoms with E-state index in [0.717, 1.165) is 12.3 Å². The van der Waals surface area contributed by atoms with Crippen LogP contribution in [0.2, 0.25) is 0 Å². The fourth-order valence-corrected chi connectivity index (χ4v) is 1.97. The Morgan fingerprint density at radius 1 is 1.46 bits per heavy atom. The summed E-state index contributed by atoms with van der Waals surface area (Å²) in [5.41, 5.74) is 6.04. The van der Waals surface area contributed by atoms with Crippen molar-refractivity contribution in [3.8, 4) is 0 Å². The van der Waals surface area contributed by atoms with Crippen LogP contribution in [0, 0.1) is 5.92 Å². The summed E-state index contributed by atoms with van der Waals surface area (Å²) in [4.78, 5) is 11.3. The first-order valence-electron chi connectivity index (χ1n) is 5.15. The molecule has 74 valence electrons. The molecule has 0 bridgehead atoms. The summed E-state index contributed by atoms with van der Waals surface area (Å²) in [6.45, 7) is 1.76. The molecule has 0 aromatic rings. The highest BCUT2D eigenvalue weighted by atomic mass is 16.1. The molecule has 2 nitrogen and oxygen atoms in total. The van der Waals surface area contributed by atoms with Gasteiger partial charge >= 0.3 is 0 Å². The molecule has 0 amide bonds. The Morgan fingerprint density at radius 3 is 2.62 bits per heavy atom. The molecule has 1 fully saturated rings. The molecule has 0 saturated heterocycles. The quantitative estimate of drug-likeness (QED) is 0.677. The van der Waals surface area contributed by atoms with Crippen LogP contribution in [0.15, 0.2) is 11.8 Å². The summed E-state index contributed by atoms with van der Waals surface area (Å²) in [6, 6.07) is 0. The first-order chi connectivity index (χ1) is 6.18. The van der Waals surface area contributed by atoms with E-state index < -0.39 is 0 Å². The van der Waals surface area contributed by atoms with Crippen molar-refractivity contribution in [3.05, 3.63) is 11.8 Å². The number of rotatable bonds is 4. The van der Waals surface area contributed by atoms with E-state index in [4.69, 9.17) is 5.73 Å². The third-order valence-electron chi connectivity index (χ3n) is 2.66. The summed E-state index contributed by atoms with van der Waals surface area (Å²) >= 11 is 0. The van der Waals surface area contributed by atoms with Crippen molar-refractivity contribution >= 4 is 5.78 Å². The Hall–Kier alpha value is -0.790. The van der Waals surface area contributed by atoms with E-state index in [-0.39, 0.29) is 5.78 Å². The third-order valence-corrected chi connectivity index (χ3v) is 2.66. The predicted octanol–water partition coefficient (Wildman–Crippen LogP) is 2.39. The molecule has 13 heavy (non-hydrogen) atoms. The molecular formula is C11H19NO. The van der Waals surface area contributed by atoms with Gasteiger partial charge in [0.1, 0.15) is 0 Å². The van der Waals surface area contributed by atoms with Crippen molar-refractivity contribution in [2.45, 2.75) is 45.4 Å². The van der Waals surface area contributed by atoms with Crippen molar-refractivity contribution < 1.29 is 4.79 Å². The number of nitrogens with two attached hydrogens (primary N) is 1. The van der Waals surface area contributed by atoms with Crippen LogP contribution in [0.5, 0.6) is 0 Å². The van der Waals surface area contributed by atoms with Gasteiger partial charge in [-0.3, -0.25) is 4.79 Å². The zero-order valence-corrected chi connectivity index (χ0v) is 8.38. The van der Waals surface area contributed by atoms with Gasteiger partial charge in [0, 0.05) is 12.1 Å². The van der Waals surface area contributed by atoms with E-state index in [1.807, 2.05) is 0 Å². The maximum atomic E-state index is 11.3. The standard InChI is InChI=1S/C11H19NO/c1-9(12)8-11(13)7-6-10-4-2-3-5-10/h8,10H,2-7,12H2,1H3. The van der Waals surface area contributed by atoms with Crippen LogP contribution in [0.4, 0.5) is 0 Å². The first kappa shape index (κ1) is 10.3. The van der Waals surface area contributed by atoms with Gasteiger partial charge in [-0.15, -0.1) is 0 Å². The van der Waals surface area contributed by atoms with Crippen LogP contribution in [0.1, 0.15) is 45.4 Å². The second-order valence-corrected chi connectivity index (χ2v) is 4.04. The van der Waals surface area contributed by atoms with E-state index in [0.29, 0.717) is 12.1 Å². The molecule has 0 atom stereocenters. The van der Waals surface area contributed by atoms with Gasteiger partial charge in [0.05, 0.1) is 0 Å². The number of carbonyl (C=O) groups is 1. The predicted molar refractivity (Wildman–Crippen MR) is 54.1 cm³/mol. The number of hydrogen-bond acceptors (Lipinski definition) is 2. The fourth-order valence-electron chi connectivity index (χ4n) is 1.97. The van der Waals surface area contributed by atoms with Gasteiger partial charge in [0.15, 0.2) is 5.78 Å². The largest absolute Gasteiger partial charge is 0.402 e. The maximum Gasteiger partial charge on any atom is 0.157 e.